The van der Waals surface area contributed by atoms with E-state index in [1.165, 1.54) is 0 Å². The zero-order valence-corrected chi connectivity index (χ0v) is 26.2. The van der Waals surface area contributed by atoms with Gasteiger partial charge in [-0.1, -0.05) is 133 Å². The third-order valence-electron chi connectivity index (χ3n) is 8.22. The lowest BCUT2D eigenvalue weighted by Gasteiger charge is -2.54. The molecule has 0 spiro atoms. The van der Waals surface area contributed by atoms with E-state index in [1.807, 2.05) is 121 Å². The molecule has 4 aromatic carbocycles. The number of hydrogen-bond donors (Lipinski definition) is 1. The molecule has 240 valence electrons. The predicted molar refractivity (Wildman–Crippen MR) is 180 cm³/mol. The summed E-state index contributed by atoms with van der Waals surface area (Å²) >= 11 is 0. The second-order valence-electron chi connectivity index (χ2n) is 11.5. The summed E-state index contributed by atoms with van der Waals surface area (Å²) < 4.78 is 33.3. The lowest BCUT2D eigenvalue weighted by molar-refractivity contribution is -0.313. The molecule has 0 aromatic heterocycles. The van der Waals surface area contributed by atoms with Crippen molar-refractivity contribution in [2.75, 3.05) is 6.61 Å². The van der Waals surface area contributed by atoms with Crippen LogP contribution in [0.15, 0.2) is 147 Å². The molecule has 1 aliphatic rings. The van der Waals surface area contributed by atoms with E-state index in [9.17, 15) is 5.11 Å². The Bertz CT molecular complexity index is 1450. The molecule has 0 heterocycles. The molecule has 6 atom stereocenters. The van der Waals surface area contributed by atoms with Gasteiger partial charge in [0.2, 0.25) is 0 Å². The lowest BCUT2D eigenvalue weighted by Crippen LogP contribution is -2.73. The first-order valence-corrected chi connectivity index (χ1v) is 15.8. The van der Waals surface area contributed by atoms with Crippen LogP contribution in [0.25, 0.3) is 0 Å². The molecule has 5 rings (SSSR count). The highest BCUT2D eigenvalue weighted by Crippen LogP contribution is 2.42. The van der Waals surface area contributed by atoms with Crippen molar-refractivity contribution < 1.29 is 28.8 Å². The fraction of sp³-hybridized carbons (Fsp3) is 0.300. The number of benzene rings is 4. The van der Waals surface area contributed by atoms with Crippen LogP contribution in [0, 0.1) is 0 Å². The topological polar surface area (TPSA) is 66.4 Å². The Balaban J connectivity index is 1.57. The zero-order chi connectivity index (χ0) is 32.0. The van der Waals surface area contributed by atoms with Gasteiger partial charge in [0.15, 0.2) is 0 Å². The molecular formula is C40H44O6. The summed E-state index contributed by atoms with van der Waals surface area (Å²) in [6.45, 7) is 9.20. The highest BCUT2D eigenvalue weighted by atomic mass is 16.6. The Morgan fingerprint density at radius 1 is 0.478 bits per heavy atom. The van der Waals surface area contributed by atoms with E-state index in [1.54, 1.807) is 12.2 Å². The van der Waals surface area contributed by atoms with E-state index in [2.05, 4.69) is 13.2 Å². The van der Waals surface area contributed by atoms with Gasteiger partial charge in [-0.25, -0.2) is 0 Å². The fourth-order valence-corrected chi connectivity index (χ4v) is 5.99. The van der Waals surface area contributed by atoms with Crippen molar-refractivity contribution in [3.63, 3.8) is 0 Å². The van der Waals surface area contributed by atoms with Gasteiger partial charge in [-0.15, -0.1) is 13.2 Å². The van der Waals surface area contributed by atoms with Gasteiger partial charge < -0.3 is 28.8 Å². The number of rotatable bonds is 17. The van der Waals surface area contributed by atoms with Crippen LogP contribution in [0.3, 0.4) is 0 Å². The molecule has 1 N–H and O–H groups in total. The zero-order valence-electron chi connectivity index (χ0n) is 26.2. The Morgan fingerprint density at radius 2 is 0.826 bits per heavy atom. The minimum atomic E-state index is -1.57. The molecule has 0 amide bonds. The van der Waals surface area contributed by atoms with Gasteiger partial charge in [0.25, 0.3) is 0 Å². The van der Waals surface area contributed by atoms with Crippen molar-refractivity contribution in [3.05, 3.63) is 169 Å². The number of hydrogen-bond acceptors (Lipinski definition) is 6. The fourth-order valence-electron chi connectivity index (χ4n) is 5.99. The van der Waals surface area contributed by atoms with Gasteiger partial charge in [0.1, 0.15) is 36.1 Å². The van der Waals surface area contributed by atoms with Crippen molar-refractivity contribution in [1.29, 1.82) is 0 Å². The first-order valence-electron chi connectivity index (χ1n) is 15.8. The van der Waals surface area contributed by atoms with Crippen LogP contribution >= 0.6 is 0 Å². The van der Waals surface area contributed by atoms with E-state index in [-0.39, 0.29) is 32.8 Å². The highest BCUT2D eigenvalue weighted by molar-refractivity contribution is 5.19. The first-order chi connectivity index (χ1) is 22.6. The summed E-state index contributed by atoms with van der Waals surface area (Å²) in [6, 6.07) is 39.8. The van der Waals surface area contributed by atoms with Crippen molar-refractivity contribution in [2.45, 2.75) is 69.0 Å². The van der Waals surface area contributed by atoms with E-state index in [0.29, 0.717) is 6.61 Å². The van der Waals surface area contributed by atoms with Crippen LogP contribution in [0.1, 0.15) is 28.7 Å². The summed E-state index contributed by atoms with van der Waals surface area (Å²) in [7, 11) is 0. The largest absolute Gasteiger partial charge is 0.384 e. The van der Waals surface area contributed by atoms with Gasteiger partial charge >= 0.3 is 0 Å². The maximum atomic E-state index is 12.8. The number of aliphatic hydroxyl groups is 1. The maximum absolute atomic E-state index is 12.8. The van der Waals surface area contributed by atoms with Crippen molar-refractivity contribution in [2.24, 2.45) is 0 Å². The molecule has 0 aliphatic heterocycles. The van der Waals surface area contributed by atoms with Crippen molar-refractivity contribution >= 4 is 0 Å². The highest BCUT2D eigenvalue weighted by Gasteiger charge is 2.61. The van der Waals surface area contributed by atoms with E-state index in [0.717, 1.165) is 22.3 Å². The third kappa shape index (κ3) is 8.68. The molecule has 0 bridgehead atoms. The monoisotopic (exact) mass is 620 g/mol. The molecule has 6 heteroatoms. The van der Waals surface area contributed by atoms with Gasteiger partial charge in [0.05, 0.1) is 33.0 Å². The number of ether oxygens (including phenoxy) is 5. The van der Waals surface area contributed by atoms with Crippen LogP contribution < -0.4 is 0 Å². The van der Waals surface area contributed by atoms with Gasteiger partial charge in [-0.05, 0) is 28.7 Å². The first kappa shape index (κ1) is 33.5. The molecule has 6 nitrogen and oxygen atoms in total. The van der Waals surface area contributed by atoms with E-state index in [4.69, 9.17) is 23.7 Å². The summed E-state index contributed by atoms with van der Waals surface area (Å²) in [5.74, 6) is 0. The Kier molecular flexibility index (Phi) is 12.5. The van der Waals surface area contributed by atoms with Crippen molar-refractivity contribution in [3.8, 4) is 0 Å². The third-order valence-corrected chi connectivity index (χ3v) is 8.22. The Hall–Kier alpha value is -3.88. The van der Waals surface area contributed by atoms with Gasteiger partial charge in [-0.3, -0.25) is 0 Å². The molecule has 46 heavy (non-hydrogen) atoms. The second-order valence-corrected chi connectivity index (χ2v) is 11.5. The molecular weight excluding hydrogens is 576 g/mol. The van der Waals surface area contributed by atoms with Crippen LogP contribution in [0.4, 0.5) is 0 Å². The lowest BCUT2D eigenvalue weighted by atomic mass is 9.72. The minimum Gasteiger partial charge on any atom is -0.384 e. The van der Waals surface area contributed by atoms with Crippen LogP contribution in [0.5, 0.6) is 0 Å². The van der Waals surface area contributed by atoms with E-state index < -0.39 is 36.1 Å². The quantitative estimate of drug-likeness (QED) is 0.126. The normalized spacial score (nSPS) is 24.3. The summed E-state index contributed by atoms with van der Waals surface area (Å²) in [5, 5.41) is 12.8. The molecule has 1 fully saturated rings. The maximum Gasteiger partial charge on any atom is 0.125 e. The van der Waals surface area contributed by atoms with Gasteiger partial charge in [-0.2, -0.15) is 0 Å². The van der Waals surface area contributed by atoms with Crippen LogP contribution in [0.2, 0.25) is 0 Å². The predicted octanol–water partition coefficient (Wildman–Crippen LogP) is 7.22. The van der Waals surface area contributed by atoms with Gasteiger partial charge in [0, 0.05) is 0 Å². The summed E-state index contributed by atoms with van der Waals surface area (Å²) in [6.07, 6.45) is -0.319. The van der Waals surface area contributed by atoms with Crippen LogP contribution in [-0.4, -0.2) is 47.8 Å². The minimum absolute atomic E-state index is 0.177. The smallest absolute Gasteiger partial charge is 0.125 e. The molecule has 0 saturated heterocycles. The molecule has 1 aliphatic carbocycles. The Morgan fingerprint density at radius 3 is 1.20 bits per heavy atom. The standard InChI is InChI=1S/C40H44O6/c1-3-25-40(41)38(42-26-4-2)36(44-28-32-19-11-6-12-20-32)35(43-27-31-17-9-5-10-18-31)37(45-29-33-21-13-7-14-22-33)39(40)46-30-34-23-15-8-16-24-34/h3-24,35-39,41H,1-2,25-30H2/t35-,36-,37+,38+,39-,40+/m1/s1. The summed E-state index contributed by atoms with van der Waals surface area (Å²) in [5.41, 5.74) is 2.38. The molecule has 0 radical (unpaired) electrons. The summed E-state index contributed by atoms with van der Waals surface area (Å²) in [4.78, 5) is 0. The van der Waals surface area contributed by atoms with Crippen LogP contribution in [-0.2, 0) is 50.1 Å². The molecule has 1 saturated carbocycles. The molecule has 0 unspecified atom stereocenters. The average Bonchev–Trinajstić information content (AvgIpc) is 3.10. The van der Waals surface area contributed by atoms with Crippen molar-refractivity contribution in [1.82, 2.24) is 0 Å². The van der Waals surface area contributed by atoms with E-state index >= 15 is 0 Å². The second kappa shape index (κ2) is 17.2. The molecule has 4 aromatic rings. The Labute approximate surface area is 272 Å². The average molecular weight is 621 g/mol. The SMILES string of the molecule is C=CCO[C@H]1[C@H](OCc2ccccc2)[C@@H](OCc2ccccc2)[C@H](OCc2ccccc2)[C@@H](OCc2ccccc2)[C@]1(O)CC=C.